The minimum atomic E-state index is -0.185. The number of carbonyl (C=O) groups is 2. The van der Waals surface area contributed by atoms with Gasteiger partial charge >= 0.3 is 0 Å². The van der Waals surface area contributed by atoms with Crippen LogP contribution in [0.1, 0.15) is 33.6 Å². The number of likely N-dealkylation sites (N-methyl/N-ethyl adjacent to an activating group) is 4. The van der Waals surface area contributed by atoms with Crippen molar-refractivity contribution < 1.29 is 9.59 Å². The Kier molecular flexibility index (Phi) is 12.2. The third-order valence-electron chi connectivity index (χ3n) is 6.85. The van der Waals surface area contributed by atoms with Crippen LogP contribution in [0.15, 0.2) is 36.4 Å². The second-order valence-electron chi connectivity index (χ2n) is 11.0. The maximum atomic E-state index is 13.1. The number of para-hydroxylation sites is 2. The van der Waals surface area contributed by atoms with E-state index < -0.39 is 0 Å². The van der Waals surface area contributed by atoms with E-state index >= 15 is 0 Å². The van der Waals surface area contributed by atoms with Gasteiger partial charge in [0.05, 0.1) is 22.2 Å². The molecule has 0 atom stereocenters. The molecule has 3 aromatic rings. The van der Waals surface area contributed by atoms with E-state index in [1.54, 1.807) is 12.1 Å². The Morgan fingerprint density at radius 1 is 0.600 bits per heavy atom. The second-order valence-corrected chi connectivity index (χ2v) is 11.0. The summed E-state index contributed by atoms with van der Waals surface area (Å²) in [6, 6.07) is 10.8. The lowest BCUT2D eigenvalue weighted by atomic mass is 10.1. The van der Waals surface area contributed by atoms with E-state index in [9.17, 15) is 9.59 Å². The van der Waals surface area contributed by atoms with Gasteiger partial charge in [0.15, 0.2) is 0 Å². The van der Waals surface area contributed by atoms with Gasteiger partial charge in [-0.3, -0.25) is 9.59 Å². The molecule has 0 aliphatic carbocycles. The molecule has 2 aromatic carbocycles. The topological polar surface area (TPSA) is 96.9 Å². The maximum absolute atomic E-state index is 13.1. The van der Waals surface area contributed by atoms with Crippen LogP contribution in [0.3, 0.4) is 0 Å². The zero-order chi connectivity index (χ0) is 29.1. The van der Waals surface area contributed by atoms with Crippen LogP contribution in [0.5, 0.6) is 0 Å². The molecule has 40 heavy (non-hydrogen) atoms. The molecule has 10 nitrogen and oxygen atoms in total. The lowest BCUT2D eigenvalue weighted by Crippen LogP contribution is -2.32. The predicted octanol–water partition coefficient (Wildman–Crippen LogP) is 2.01. The number of amides is 2. The summed E-state index contributed by atoms with van der Waals surface area (Å²) >= 11 is 0. The molecule has 0 saturated heterocycles. The van der Waals surface area contributed by atoms with E-state index in [1.165, 1.54) is 0 Å². The number of fused-ring (bicyclic) bond motifs is 2. The molecule has 1 aromatic heterocycles. The van der Waals surface area contributed by atoms with Crippen LogP contribution in [0, 0.1) is 0 Å². The largest absolute Gasteiger partial charge is 0.352 e. The second kappa shape index (κ2) is 15.6. The summed E-state index contributed by atoms with van der Waals surface area (Å²) in [6.45, 7) is 6.91. The molecule has 10 heteroatoms. The van der Waals surface area contributed by atoms with Crippen molar-refractivity contribution in [1.29, 1.82) is 0 Å². The fourth-order valence-corrected chi connectivity index (χ4v) is 4.34. The van der Waals surface area contributed by atoms with Crippen LogP contribution in [-0.4, -0.2) is 136 Å². The molecule has 3 rings (SSSR count). The van der Waals surface area contributed by atoms with Gasteiger partial charge in [-0.2, -0.15) is 0 Å². The molecule has 1 heterocycles. The van der Waals surface area contributed by atoms with Gasteiger partial charge in [-0.25, -0.2) is 9.97 Å². The lowest BCUT2D eigenvalue weighted by molar-refractivity contribution is 0.0945. The number of hydrogen-bond donors (Lipinski definition) is 2. The number of benzene rings is 2. The van der Waals surface area contributed by atoms with Crippen molar-refractivity contribution in [2.24, 2.45) is 0 Å². The molecule has 2 N–H and O–H groups in total. The molecule has 0 fully saturated rings. The van der Waals surface area contributed by atoms with Crippen molar-refractivity contribution in [3.63, 3.8) is 0 Å². The van der Waals surface area contributed by atoms with E-state index in [2.05, 4.69) is 72.5 Å². The highest BCUT2D eigenvalue weighted by atomic mass is 16.2. The molecule has 0 aliphatic rings. The number of carbonyl (C=O) groups excluding carboxylic acids is 2. The van der Waals surface area contributed by atoms with Crippen LogP contribution < -0.4 is 10.6 Å². The average molecular weight is 551 g/mol. The third-order valence-corrected chi connectivity index (χ3v) is 6.85. The Balaban J connectivity index is 1.65. The minimum Gasteiger partial charge on any atom is -0.352 e. The molecule has 0 unspecified atom stereocenters. The van der Waals surface area contributed by atoms with Crippen LogP contribution in [0.4, 0.5) is 0 Å². The fraction of sp³-hybridized carbons (Fsp3) is 0.533. The first kappa shape index (κ1) is 31.3. The van der Waals surface area contributed by atoms with Crippen LogP contribution in [0.2, 0.25) is 0 Å². The molecule has 0 aliphatic heterocycles. The summed E-state index contributed by atoms with van der Waals surface area (Å²) in [6.07, 6.45) is 1.70. The highest BCUT2D eigenvalue weighted by molar-refractivity contribution is 6.09. The van der Waals surface area contributed by atoms with Crippen LogP contribution >= 0.6 is 0 Å². The SMILES string of the molecule is CN(C)CCN(C)CCCNC(=O)c1cccc2nc3cccc(C(=O)NCCCN(C)CCN(C)C)c3nc12. The van der Waals surface area contributed by atoms with Crippen LogP contribution in [-0.2, 0) is 0 Å². The molecule has 0 bridgehead atoms. The Labute approximate surface area is 238 Å². The number of rotatable bonds is 16. The van der Waals surface area contributed by atoms with Gasteiger partial charge in [0, 0.05) is 39.3 Å². The summed E-state index contributed by atoms with van der Waals surface area (Å²) in [7, 11) is 12.4. The van der Waals surface area contributed by atoms with E-state index in [-0.39, 0.29) is 11.8 Å². The molecular formula is C30H46N8O2. The summed E-state index contributed by atoms with van der Waals surface area (Å²) in [5, 5.41) is 6.05. The first-order valence-electron chi connectivity index (χ1n) is 14.1. The molecule has 0 radical (unpaired) electrons. The average Bonchev–Trinajstić information content (AvgIpc) is 2.93. The summed E-state index contributed by atoms with van der Waals surface area (Å²) in [5.41, 5.74) is 3.17. The Morgan fingerprint density at radius 3 is 1.43 bits per heavy atom. The van der Waals surface area contributed by atoms with E-state index in [0.29, 0.717) is 46.3 Å². The quantitative estimate of drug-likeness (QED) is 0.207. The first-order chi connectivity index (χ1) is 19.2. The number of nitrogens with one attached hydrogen (secondary N) is 2. The normalized spacial score (nSPS) is 11.8. The zero-order valence-corrected chi connectivity index (χ0v) is 25.0. The number of nitrogens with zero attached hydrogens (tertiary/aromatic N) is 6. The summed E-state index contributed by atoms with van der Waals surface area (Å²) in [4.78, 5) is 44.6. The molecule has 0 spiro atoms. The monoisotopic (exact) mass is 550 g/mol. The van der Waals surface area contributed by atoms with Crippen molar-refractivity contribution in [2.45, 2.75) is 12.8 Å². The lowest BCUT2D eigenvalue weighted by Gasteiger charge is -2.19. The molecular weight excluding hydrogens is 504 g/mol. The van der Waals surface area contributed by atoms with E-state index in [0.717, 1.165) is 52.1 Å². The van der Waals surface area contributed by atoms with Gasteiger partial charge in [0.2, 0.25) is 0 Å². The smallest absolute Gasteiger partial charge is 0.253 e. The van der Waals surface area contributed by atoms with Gasteiger partial charge < -0.3 is 30.2 Å². The molecule has 2 amide bonds. The highest BCUT2D eigenvalue weighted by Gasteiger charge is 2.17. The Hall–Kier alpha value is -3.18. The summed E-state index contributed by atoms with van der Waals surface area (Å²) < 4.78 is 0. The van der Waals surface area contributed by atoms with E-state index in [4.69, 9.17) is 9.97 Å². The number of hydrogen-bond acceptors (Lipinski definition) is 8. The van der Waals surface area contributed by atoms with Crippen molar-refractivity contribution in [3.05, 3.63) is 47.5 Å². The third kappa shape index (κ3) is 9.48. The predicted molar refractivity (Wildman–Crippen MR) is 163 cm³/mol. The minimum absolute atomic E-state index is 0.185. The first-order valence-corrected chi connectivity index (χ1v) is 14.1. The van der Waals surface area contributed by atoms with Gasteiger partial charge in [-0.05, 0) is 92.5 Å². The zero-order valence-electron chi connectivity index (χ0n) is 25.0. The molecule has 218 valence electrons. The molecule has 0 saturated carbocycles. The van der Waals surface area contributed by atoms with Crippen molar-refractivity contribution in [3.8, 4) is 0 Å². The van der Waals surface area contributed by atoms with Crippen molar-refractivity contribution in [2.75, 3.05) is 94.6 Å². The van der Waals surface area contributed by atoms with Gasteiger partial charge in [-0.15, -0.1) is 0 Å². The van der Waals surface area contributed by atoms with E-state index in [1.807, 2.05) is 24.3 Å². The standard InChI is InChI=1S/C30H46N8O2/c1-35(2)19-21-37(5)17-9-15-31-29(39)23-11-7-13-25-27(23)34-28-24(12-8-14-26(28)33-25)30(40)32-16-10-18-38(6)22-20-36(3)4/h7-8,11-14H,9-10,15-22H2,1-6H3,(H,31,39)(H,32,40). The maximum Gasteiger partial charge on any atom is 0.253 e. The van der Waals surface area contributed by atoms with Crippen molar-refractivity contribution >= 4 is 33.9 Å². The van der Waals surface area contributed by atoms with Gasteiger partial charge in [0.1, 0.15) is 11.0 Å². The summed E-state index contributed by atoms with van der Waals surface area (Å²) in [5.74, 6) is -0.369. The van der Waals surface area contributed by atoms with Gasteiger partial charge in [-0.1, -0.05) is 12.1 Å². The Morgan fingerprint density at radius 2 is 1.02 bits per heavy atom. The van der Waals surface area contributed by atoms with Crippen LogP contribution in [0.25, 0.3) is 22.1 Å². The number of aromatic nitrogens is 2. The van der Waals surface area contributed by atoms with Gasteiger partial charge in [0.25, 0.3) is 11.8 Å². The highest BCUT2D eigenvalue weighted by Crippen LogP contribution is 2.22. The Bertz CT molecular complexity index is 1170. The van der Waals surface area contributed by atoms with Crippen molar-refractivity contribution in [1.82, 2.24) is 40.2 Å². The fourth-order valence-electron chi connectivity index (χ4n) is 4.34.